The topological polar surface area (TPSA) is 43.9 Å². The number of nitrogens with zero attached hydrogens (tertiary/aromatic N) is 3. The standard InChI is InChI=1S/C16H13BrClN3OS/c1-2-9-21-15(13-7-8-14(17)22-13)19-20-16(21)23-10-11-5-3-4-6-12(11)18/h2-8H,1,9-10H2. The average Bonchev–Trinajstić information content (AvgIpc) is 3.13. The lowest BCUT2D eigenvalue weighted by atomic mass is 10.2. The predicted octanol–water partition coefficient (Wildman–Crippen LogP) is 5.43. The number of hydrogen-bond acceptors (Lipinski definition) is 4. The van der Waals surface area contributed by atoms with Crippen molar-refractivity contribution < 1.29 is 4.42 Å². The first kappa shape index (κ1) is 16.4. The normalized spacial score (nSPS) is 10.9. The highest BCUT2D eigenvalue weighted by atomic mass is 79.9. The maximum atomic E-state index is 6.20. The number of allylic oxidation sites excluding steroid dienone is 1. The van der Waals surface area contributed by atoms with E-state index in [2.05, 4.69) is 32.7 Å². The highest BCUT2D eigenvalue weighted by Gasteiger charge is 2.16. The highest BCUT2D eigenvalue weighted by molar-refractivity contribution is 9.10. The van der Waals surface area contributed by atoms with Crippen LogP contribution in [-0.2, 0) is 12.3 Å². The van der Waals surface area contributed by atoms with Crippen LogP contribution < -0.4 is 0 Å². The van der Waals surface area contributed by atoms with Gasteiger partial charge in [-0.15, -0.1) is 16.8 Å². The molecule has 0 bridgehead atoms. The maximum absolute atomic E-state index is 6.20. The van der Waals surface area contributed by atoms with Crippen LogP contribution in [0.1, 0.15) is 5.56 Å². The first-order valence-corrected chi connectivity index (χ1v) is 9.00. The van der Waals surface area contributed by atoms with Crippen LogP contribution in [0.3, 0.4) is 0 Å². The van der Waals surface area contributed by atoms with E-state index in [9.17, 15) is 0 Å². The Morgan fingerprint density at radius 3 is 2.78 bits per heavy atom. The summed E-state index contributed by atoms with van der Waals surface area (Å²) in [6, 6.07) is 11.5. The van der Waals surface area contributed by atoms with Crippen molar-refractivity contribution in [3.8, 4) is 11.6 Å². The molecule has 0 aliphatic heterocycles. The van der Waals surface area contributed by atoms with Gasteiger partial charge in [-0.05, 0) is 39.7 Å². The van der Waals surface area contributed by atoms with Gasteiger partial charge in [-0.3, -0.25) is 4.57 Å². The molecule has 1 aromatic carbocycles. The number of halogens is 2. The summed E-state index contributed by atoms with van der Waals surface area (Å²) in [5, 5.41) is 10.1. The minimum absolute atomic E-state index is 0.603. The lowest BCUT2D eigenvalue weighted by molar-refractivity contribution is 0.545. The number of thioether (sulfide) groups is 1. The van der Waals surface area contributed by atoms with Gasteiger partial charge < -0.3 is 4.42 Å². The van der Waals surface area contributed by atoms with E-state index in [1.165, 1.54) is 0 Å². The van der Waals surface area contributed by atoms with Crippen LogP contribution in [0.25, 0.3) is 11.6 Å². The zero-order valence-electron chi connectivity index (χ0n) is 12.1. The lowest BCUT2D eigenvalue weighted by Crippen LogP contribution is -2.00. The molecule has 2 aromatic heterocycles. The molecule has 2 heterocycles. The van der Waals surface area contributed by atoms with Gasteiger partial charge in [0.15, 0.2) is 15.6 Å². The summed E-state index contributed by atoms with van der Waals surface area (Å²) in [6.07, 6.45) is 1.81. The Kier molecular flexibility index (Phi) is 5.25. The minimum atomic E-state index is 0.603. The molecule has 7 heteroatoms. The molecular formula is C16H13BrClN3OS. The third kappa shape index (κ3) is 3.71. The van der Waals surface area contributed by atoms with E-state index >= 15 is 0 Å². The molecule has 0 saturated heterocycles. The van der Waals surface area contributed by atoms with Gasteiger partial charge in [0.2, 0.25) is 5.82 Å². The fourth-order valence-electron chi connectivity index (χ4n) is 2.06. The number of furan rings is 1. The molecule has 0 spiro atoms. The van der Waals surface area contributed by atoms with Crippen molar-refractivity contribution in [3.63, 3.8) is 0 Å². The Morgan fingerprint density at radius 1 is 1.26 bits per heavy atom. The van der Waals surface area contributed by atoms with Crippen LogP contribution in [-0.4, -0.2) is 14.8 Å². The zero-order valence-corrected chi connectivity index (χ0v) is 15.2. The molecule has 0 unspecified atom stereocenters. The molecule has 0 amide bonds. The summed E-state index contributed by atoms with van der Waals surface area (Å²) in [4.78, 5) is 0. The van der Waals surface area contributed by atoms with Crippen molar-refractivity contribution in [2.75, 3.05) is 0 Å². The quantitative estimate of drug-likeness (QED) is 0.401. The molecule has 0 aliphatic rings. The first-order chi connectivity index (χ1) is 11.2. The Hall–Kier alpha value is -1.50. The molecule has 0 aliphatic carbocycles. The number of hydrogen-bond donors (Lipinski definition) is 0. The highest BCUT2D eigenvalue weighted by Crippen LogP contribution is 2.30. The van der Waals surface area contributed by atoms with Gasteiger partial charge in [0.05, 0.1) is 0 Å². The lowest BCUT2D eigenvalue weighted by Gasteiger charge is -2.07. The monoisotopic (exact) mass is 409 g/mol. The predicted molar refractivity (Wildman–Crippen MR) is 96.6 cm³/mol. The van der Waals surface area contributed by atoms with Crippen LogP contribution in [0.4, 0.5) is 0 Å². The van der Waals surface area contributed by atoms with Crippen molar-refractivity contribution in [2.24, 2.45) is 0 Å². The van der Waals surface area contributed by atoms with Crippen LogP contribution in [0.2, 0.25) is 5.02 Å². The van der Waals surface area contributed by atoms with Gasteiger partial charge in [-0.25, -0.2) is 0 Å². The molecule has 23 heavy (non-hydrogen) atoms. The van der Waals surface area contributed by atoms with E-state index in [4.69, 9.17) is 16.0 Å². The maximum Gasteiger partial charge on any atom is 0.200 e. The smallest absolute Gasteiger partial charge is 0.200 e. The van der Waals surface area contributed by atoms with Gasteiger partial charge in [0.25, 0.3) is 0 Å². The SMILES string of the molecule is C=CCn1c(SCc2ccccc2Cl)nnc1-c1ccc(Br)o1. The molecule has 118 valence electrons. The Morgan fingerprint density at radius 2 is 2.09 bits per heavy atom. The van der Waals surface area contributed by atoms with Gasteiger partial charge >= 0.3 is 0 Å². The molecule has 0 radical (unpaired) electrons. The second kappa shape index (κ2) is 7.38. The van der Waals surface area contributed by atoms with Crippen molar-refractivity contribution in [1.82, 2.24) is 14.8 Å². The Bertz CT molecular complexity index is 830. The third-order valence-electron chi connectivity index (χ3n) is 3.14. The molecule has 0 N–H and O–H groups in total. The van der Waals surface area contributed by atoms with E-state index < -0.39 is 0 Å². The Balaban J connectivity index is 1.86. The second-order valence-corrected chi connectivity index (χ2v) is 6.82. The van der Waals surface area contributed by atoms with E-state index in [1.54, 1.807) is 11.8 Å². The van der Waals surface area contributed by atoms with Crippen LogP contribution >= 0.6 is 39.3 Å². The molecule has 0 saturated carbocycles. The molecule has 0 atom stereocenters. The summed E-state index contributed by atoms with van der Waals surface area (Å²) >= 11 is 11.1. The van der Waals surface area contributed by atoms with E-state index in [1.807, 2.05) is 47.0 Å². The van der Waals surface area contributed by atoms with Crippen molar-refractivity contribution in [3.05, 3.63) is 64.3 Å². The zero-order chi connectivity index (χ0) is 16.2. The van der Waals surface area contributed by atoms with Crippen LogP contribution in [0.15, 0.2) is 63.3 Å². The number of rotatable bonds is 6. The largest absolute Gasteiger partial charge is 0.446 e. The minimum Gasteiger partial charge on any atom is -0.446 e. The summed E-state index contributed by atoms with van der Waals surface area (Å²) in [6.45, 7) is 4.41. The molecular weight excluding hydrogens is 398 g/mol. The van der Waals surface area contributed by atoms with Gasteiger partial charge in [0.1, 0.15) is 0 Å². The van der Waals surface area contributed by atoms with E-state index in [0.29, 0.717) is 22.8 Å². The molecule has 3 rings (SSSR count). The van der Waals surface area contributed by atoms with E-state index in [-0.39, 0.29) is 0 Å². The van der Waals surface area contributed by atoms with E-state index in [0.717, 1.165) is 21.5 Å². The van der Waals surface area contributed by atoms with Gasteiger partial charge in [-0.1, -0.05) is 47.6 Å². The molecule has 0 fully saturated rings. The van der Waals surface area contributed by atoms with Crippen LogP contribution in [0.5, 0.6) is 0 Å². The van der Waals surface area contributed by atoms with Crippen molar-refractivity contribution in [2.45, 2.75) is 17.5 Å². The summed E-state index contributed by atoms with van der Waals surface area (Å²) in [7, 11) is 0. The fraction of sp³-hybridized carbons (Fsp3) is 0.125. The molecule has 4 nitrogen and oxygen atoms in total. The van der Waals surface area contributed by atoms with Crippen molar-refractivity contribution >= 4 is 39.3 Å². The summed E-state index contributed by atoms with van der Waals surface area (Å²) in [5.41, 5.74) is 1.06. The third-order valence-corrected chi connectivity index (χ3v) is 4.95. The first-order valence-electron chi connectivity index (χ1n) is 6.85. The Labute approximate surface area is 151 Å². The number of benzene rings is 1. The summed E-state index contributed by atoms with van der Waals surface area (Å²) < 4.78 is 8.21. The van der Waals surface area contributed by atoms with Gasteiger partial charge in [-0.2, -0.15) is 0 Å². The van der Waals surface area contributed by atoms with Crippen molar-refractivity contribution in [1.29, 1.82) is 0 Å². The average molecular weight is 411 g/mol. The molecule has 3 aromatic rings. The fourth-order valence-corrected chi connectivity index (χ4v) is 3.60. The second-order valence-electron chi connectivity index (χ2n) is 4.69. The van der Waals surface area contributed by atoms with Gasteiger partial charge in [0, 0.05) is 17.3 Å². The summed E-state index contributed by atoms with van der Waals surface area (Å²) in [5.74, 6) is 2.06. The number of aromatic nitrogens is 3. The van der Waals surface area contributed by atoms with Crippen LogP contribution in [0, 0.1) is 0 Å².